The third-order valence-electron chi connectivity index (χ3n) is 3.46. The molecule has 1 amide bonds. The summed E-state index contributed by atoms with van der Waals surface area (Å²) in [6.07, 6.45) is 3.02. The maximum absolute atomic E-state index is 12.1. The van der Waals surface area contributed by atoms with E-state index in [0.29, 0.717) is 22.1 Å². The van der Waals surface area contributed by atoms with Gasteiger partial charge in [0.25, 0.3) is 5.91 Å². The highest BCUT2D eigenvalue weighted by atomic mass is 35.5. The summed E-state index contributed by atoms with van der Waals surface area (Å²) in [5, 5.41) is 20.2. The third-order valence-corrected chi connectivity index (χ3v) is 3.70. The lowest BCUT2D eigenvalue weighted by Crippen LogP contribution is -2.21. The Labute approximate surface area is 148 Å². The van der Waals surface area contributed by atoms with E-state index >= 15 is 0 Å². The first-order chi connectivity index (χ1) is 12.0. The van der Waals surface area contributed by atoms with E-state index in [-0.39, 0.29) is 18.3 Å². The molecular formula is C17H15ClN4O3. The fourth-order valence-corrected chi connectivity index (χ4v) is 2.42. The fourth-order valence-electron chi connectivity index (χ4n) is 2.26. The predicted octanol–water partition coefficient (Wildman–Crippen LogP) is 2.95. The van der Waals surface area contributed by atoms with Gasteiger partial charge in [-0.15, -0.1) is 10.2 Å². The van der Waals surface area contributed by atoms with Crippen LogP contribution in [0.25, 0.3) is 5.69 Å². The van der Waals surface area contributed by atoms with Crippen LogP contribution >= 0.6 is 11.6 Å². The number of aromatic hydroxyl groups is 1. The molecule has 7 nitrogen and oxygen atoms in total. The molecular weight excluding hydrogens is 344 g/mol. The Balaban J connectivity index is 1.70. The second-order valence-corrected chi connectivity index (χ2v) is 5.75. The van der Waals surface area contributed by atoms with Gasteiger partial charge in [0.15, 0.2) is 6.61 Å². The van der Waals surface area contributed by atoms with Gasteiger partial charge in [-0.05, 0) is 48.9 Å². The Morgan fingerprint density at radius 2 is 2.00 bits per heavy atom. The van der Waals surface area contributed by atoms with Crippen LogP contribution < -0.4 is 10.1 Å². The Morgan fingerprint density at radius 3 is 2.72 bits per heavy atom. The van der Waals surface area contributed by atoms with Gasteiger partial charge in [-0.2, -0.15) is 0 Å². The quantitative estimate of drug-likeness (QED) is 0.684. The number of amides is 1. The maximum atomic E-state index is 12.1. The molecule has 0 radical (unpaired) electrons. The minimum atomic E-state index is -0.321. The number of benzene rings is 2. The van der Waals surface area contributed by atoms with Crippen LogP contribution in [0.2, 0.25) is 5.02 Å². The zero-order chi connectivity index (χ0) is 17.8. The molecule has 0 aliphatic heterocycles. The second kappa shape index (κ2) is 7.23. The normalized spacial score (nSPS) is 10.5. The van der Waals surface area contributed by atoms with E-state index in [1.807, 2.05) is 0 Å². The number of ether oxygens (including phenoxy) is 1. The SMILES string of the molecule is Cc1cc(O)ccc1NC(=O)COc1ccc(Cl)cc1-n1cnnc1. The Morgan fingerprint density at radius 1 is 1.24 bits per heavy atom. The number of aromatic nitrogens is 3. The first-order valence-electron chi connectivity index (χ1n) is 7.40. The minimum Gasteiger partial charge on any atom is -0.508 e. The van der Waals surface area contributed by atoms with E-state index in [2.05, 4.69) is 15.5 Å². The van der Waals surface area contributed by atoms with Crippen molar-refractivity contribution in [2.75, 3.05) is 11.9 Å². The number of anilines is 1. The van der Waals surface area contributed by atoms with Crippen LogP contribution in [0, 0.1) is 6.92 Å². The van der Waals surface area contributed by atoms with E-state index in [9.17, 15) is 9.90 Å². The van der Waals surface area contributed by atoms with Gasteiger partial charge in [0, 0.05) is 10.7 Å². The van der Waals surface area contributed by atoms with Gasteiger partial charge in [0.2, 0.25) is 0 Å². The van der Waals surface area contributed by atoms with Gasteiger partial charge in [-0.3, -0.25) is 9.36 Å². The fraction of sp³-hybridized carbons (Fsp3) is 0.118. The van der Waals surface area contributed by atoms with Crippen LogP contribution in [-0.4, -0.2) is 32.4 Å². The van der Waals surface area contributed by atoms with Crippen molar-refractivity contribution in [3.05, 3.63) is 59.6 Å². The van der Waals surface area contributed by atoms with E-state index in [4.69, 9.17) is 16.3 Å². The lowest BCUT2D eigenvalue weighted by atomic mass is 10.2. The van der Waals surface area contributed by atoms with Gasteiger partial charge >= 0.3 is 0 Å². The molecule has 1 heterocycles. The molecule has 0 bridgehead atoms. The average Bonchev–Trinajstić information content (AvgIpc) is 3.10. The van der Waals surface area contributed by atoms with E-state index in [0.717, 1.165) is 5.56 Å². The molecule has 0 fully saturated rings. The van der Waals surface area contributed by atoms with Crippen molar-refractivity contribution in [3.63, 3.8) is 0 Å². The predicted molar refractivity (Wildman–Crippen MR) is 93.3 cm³/mol. The standard InChI is InChI=1S/C17H15ClN4O3/c1-11-6-13(23)3-4-14(11)21-17(24)8-25-16-5-2-12(18)7-15(16)22-9-19-20-10-22/h2-7,9-10,23H,8H2,1H3,(H,21,24). The molecule has 2 N–H and O–H groups in total. The molecule has 0 saturated carbocycles. The number of nitrogens with one attached hydrogen (secondary N) is 1. The number of phenolic OH excluding ortho intramolecular Hbond substituents is 1. The molecule has 25 heavy (non-hydrogen) atoms. The smallest absolute Gasteiger partial charge is 0.262 e. The van der Waals surface area contributed by atoms with Crippen LogP contribution in [0.5, 0.6) is 11.5 Å². The monoisotopic (exact) mass is 358 g/mol. The number of hydrogen-bond acceptors (Lipinski definition) is 5. The zero-order valence-corrected chi connectivity index (χ0v) is 14.1. The van der Waals surface area contributed by atoms with Crippen LogP contribution in [0.15, 0.2) is 49.1 Å². The molecule has 0 saturated heterocycles. The first-order valence-corrected chi connectivity index (χ1v) is 7.77. The van der Waals surface area contributed by atoms with Crippen LogP contribution in [0.4, 0.5) is 5.69 Å². The molecule has 0 spiro atoms. The summed E-state index contributed by atoms with van der Waals surface area (Å²) in [6, 6.07) is 9.76. The van der Waals surface area contributed by atoms with Gasteiger partial charge in [0.05, 0.1) is 5.69 Å². The van der Waals surface area contributed by atoms with Crippen LogP contribution in [-0.2, 0) is 4.79 Å². The molecule has 0 atom stereocenters. The summed E-state index contributed by atoms with van der Waals surface area (Å²) in [5.74, 6) is 0.298. The minimum absolute atomic E-state index is 0.145. The molecule has 0 aliphatic rings. The Hall–Kier alpha value is -3.06. The van der Waals surface area contributed by atoms with Crippen molar-refractivity contribution in [2.24, 2.45) is 0 Å². The average molecular weight is 359 g/mol. The number of aryl methyl sites for hydroxylation is 1. The number of rotatable bonds is 5. The molecule has 3 aromatic rings. The molecule has 1 aromatic heterocycles. The van der Waals surface area contributed by atoms with Gasteiger partial charge in [0.1, 0.15) is 24.2 Å². The van der Waals surface area contributed by atoms with Crippen molar-refractivity contribution in [1.82, 2.24) is 14.8 Å². The molecule has 0 unspecified atom stereocenters. The van der Waals surface area contributed by atoms with Gasteiger partial charge in [-0.1, -0.05) is 11.6 Å². The topological polar surface area (TPSA) is 89.3 Å². The number of hydrogen-bond donors (Lipinski definition) is 2. The summed E-state index contributed by atoms with van der Waals surface area (Å²) in [5.41, 5.74) is 2.00. The lowest BCUT2D eigenvalue weighted by molar-refractivity contribution is -0.118. The number of nitrogens with zero attached hydrogens (tertiary/aromatic N) is 3. The largest absolute Gasteiger partial charge is 0.508 e. The number of carbonyl (C=O) groups is 1. The lowest BCUT2D eigenvalue weighted by Gasteiger charge is -2.13. The summed E-state index contributed by atoms with van der Waals surface area (Å²) in [6.45, 7) is 1.61. The van der Waals surface area contributed by atoms with Crippen LogP contribution in [0.3, 0.4) is 0 Å². The van der Waals surface area contributed by atoms with Crippen LogP contribution in [0.1, 0.15) is 5.56 Å². The van der Waals surface area contributed by atoms with E-state index in [1.54, 1.807) is 41.8 Å². The van der Waals surface area contributed by atoms with E-state index < -0.39 is 0 Å². The van der Waals surface area contributed by atoms with Crippen molar-refractivity contribution >= 4 is 23.2 Å². The summed E-state index contributed by atoms with van der Waals surface area (Å²) < 4.78 is 7.26. The van der Waals surface area contributed by atoms with Crippen molar-refractivity contribution in [3.8, 4) is 17.2 Å². The number of phenols is 1. The second-order valence-electron chi connectivity index (χ2n) is 5.32. The molecule has 0 aliphatic carbocycles. The van der Waals surface area contributed by atoms with Gasteiger partial charge in [-0.25, -0.2) is 0 Å². The highest BCUT2D eigenvalue weighted by Gasteiger charge is 2.11. The highest BCUT2D eigenvalue weighted by molar-refractivity contribution is 6.30. The summed E-state index contributed by atoms with van der Waals surface area (Å²) in [4.78, 5) is 12.1. The zero-order valence-electron chi connectivity index (χ0n) is 13.3. The van der Waals surface area contributed by atoms with Crippen molar-refractivity contribution in [1.29, 1.82) is 0 Å². The number of halogens is 1. The van der Waals surface area contributed by atoms with E-state index in [1.165, 1.54) is 18.7 Å². The molecule has 8 heteroatoms. The first kappa shape index (κ1) is 16.8. The summed E-state index contributed by atoms with van der Waals surface area (Å²) in [7, 11) is 0. The highest BCUT2D eigenvalue weighted by Crippen LogP contribution is 2.26. The third kappa shape index (κ3) is 4.07. The van der Waals surface area contributed by atoms with Crippen molar-refractivity contribution in [2.45, 2.75) is 6.92 Å². The Kier molecular flexibility index (Phi) is 4.85. The molecule has 128 valence electrons. The molecule has 3 rings (SSSR count). The summed E-state index contributed by atoms with van der Waals surface area (Å²) >= 11 is 6.02. The maximum Gasteiger partial charge on any atom is 0.262 e. The van der Waals surface area contributed by atoms with Crippen molar-refractivity contribution < 1.29 is 14.6 Å². The molecule has 2 aromatic carbocycles. The number of carbonyl (C=O) groups excluding carboxylic acids is 1. The van der Waals surface area contributed by atoms with Gasteiger partial charge < -0.3 is 15.2 Å². The Bertz CT molecular complexity index is 897.